The van der Waals surface area contributed by atoms with Crippen LogP contribution in [0.2, 0.25) is 0 Å². The Morgan fingerprint density at radius 3 is 2.70 bits per heavy atom. The lowest BCUT2D eigenvalue weighted by atomic mass is 10.2. The number of hydrogen-bond acceptors (Lipinski definition) is 3. The van der Waals surface area contributed by atoms with Gasteiger partial charge in [0.25, 0.3) is 0 Å². The Balaban J connectivity index is 1.75. The minimum Gasteiger partial charge on any atom is -0.462 e. The molecule has 1 N–H and O–H groups in total. The number of ether oxygens (including phenoxy) is 1. The van der Waals surface area contributed by atoms with Gasteiger partial charge in [-0.1, -0.05) is 25.1 Å². The van der Waals surface area contributed by atoms with Gasteiger partial charge >= 0.3 is 0 Å². The summed E-state index contributed by atoms with van der Waals surface area (Å²) in [6, 6.07) is 10.4. The van der Waals surface area contributed by atoms with Crippen molar-refractivity contribution in [1.29, 1.82) is 0 Å². The van der Waals surface area contributed by atoms with E-state index in [4.69, 9.17) is 9.15 Å². The monoisotopic (exact) mass is 277 g/mol. The van der Waals surface area contributed by atoms with E-state index < -0.39 is 0 Å². The number of halogens is 1. The summed E-state index contributed by atoms with van der Waals surface area (Å²) in [6.07, 6.45) is 1.10. The van der Waals surface area contributed by atoms with Gasteiger partial charge in [-0.15, -0.1) is 0 Å². The molecule has 1 aromatic heterocycles. The van der Waals surface area contributed by atoms with Crippen molar-refractivity contribution in [3.8, 4) is 0 Å². The van der Waals surface area contributed by atoms with Crippen LogP contribution in [0.5, 0.6) is 0 Å². The molecule has 0 aliphatic carbocycles. The smallest absolute Gasteiger partial charge is 0.129 e. The van der Waals surface area contributed by atoms with Crippen LogP contribution in [0.15, 0.2) is 40.8 Å². The Morgan fingerprint density at radius 1 is 1.10 bits per heavy atom. The standard InChI is InChI=1S/C16H20FNO2/c1-2-9-18-10-14-7-8-15(20-14)12-19-11-13-5-3-4-6-16(13)17/h3-8,18H,2,9-12H2,1H3. The van der Waals surface area contributed by atoms with Gasteiger partial charge in [-0.2, -0.15) is 0 Å². The molecule has 0 bridgehead atoms. The molecule has 0 amide bonds. The van der Waals surface area contributed by atoms with Crippen LogP contribution in [-0.2, 0) is 24.5 Å². The Kier molecular flexibility index (Phi) is 5.77. The van der Waals surface area contributed by atoms with Crippen molar-refractivity contribution in [3.63, 3.8) is 0 Å². The molecule has 1 heterocycles. The minimum absolute atomic E-state index is 0.239. The number of benzene rings is 1. The lowest BCUT2D eigenvalue weighted by molar-refractivity contribution is 0.0899. The first-order valence-electron chi connectivity index (χ1n) is 6.89. The van der Waals surface area contributed by atoms with Crippen LogP contribution in [0, 0.1) is 5.82 Å². The van der Waals surface area contributed by atoms with Crippen LogP contribution in [0.25, 0.3) is 0 Å². The zero-order valence-corrected chi connectivity index (χ0v) is 11.7. The Bertz CT molecular complexity index is 525. The fourth-order valence-corrected chi connectivity index (χ4v) is 1.86. The van der Waals surface area contributed by atoms with Gasteiger partial charge in [0, 0.05) is 5.56 Å². The molecule has 20 heavy (non-hydrogen) atoms. The second-order valence-electron chi connectivity index (χ2n) is 4.63. The second kappa shape index (κ2) is 7.82. The highest BCUT2D eigenvalue weighted by molar-refractivity contribution is 5.16. The molecule has 0 saturated heterocycles. The van der Waals surface area contributed by atoms with Gasteiger partial charge in [0.2, 0.25) is 0 Å². The quantitative estimate of drug-likeness (QED) is 0.748. The molecule has 0 unspecified atom stereocenters. The van der Waals surface area contributed by atoms with Crippen LogP contribution < -0.4 is 5.32 Å². The highest BCUT2D eigenvalue weighted by Gasteiger charge is 2.04. The summed E-state index contributed by atoms with van der Waals surface area (Å²) < 4.78 is 24.5. The van der Waals surface area contributed by atoms with Crippen LogP contribution in [0.4, 0.5) is 4.39 Å². The highest BCUT2D eigenvalue weighted by atomic mass is 19.1. The molecule has 4 heteroatoms. The van der Waals surface area contributed by atoms with Crippen LogP contribution in [0.1, 0.15) is 30.4 Å². The third-order valence-electron chi connectivity index (χ3n) is 2.90. The molecule has 0 fully saturated rings. The van der Waals surface area contributed by atoms with Crippen LogP contribution in [-0.4, -0.2) is 6.54 Å². The zero-order valence-electron chi connectivity index (χ0n) is 11.7. The van der Waals surface area contributed by atoms with Gasteiger partial charge < -0.3 is 14.5 Å². The maximum atomic E-state index is 13.4. The molecule has 0 spiro atoms. The molecular weight excluding hydrogens is 257 g/mol. The molecule has 0 saturated carbocycles. The maximum absolute atomic E-state index is 13.4. The summed E-state index contributed by atoms with van der Waals surface area (Å²) in [4.78, 5) is 0. The van der Waals surface area contributed by atoms with Crippen LogP contribution >= 0.6 is 0 Å². The lowest BCUT2D eigenvalue weighted by Crippen LogP contribution is -2.13. The fraction of sp³-hybridized carbons (Fsp3) is 0.375. The van der Waals surface area contributed by atoms with Crippen molar-refractivity contribution in [1.82, 2.24) is 5.32 Å². The molecule has 0 radical (unpaired) electrons. The topological polar surface area (TPSA) is 34.4 Å². The molecule has 2 aromatic rings. The average molecular weight is 277 g/mol. The van der Waals surface area contributed by atoms with E-state index in [-0.39, 0.29) is 12.4 Å². The molecule has 0 aliphatic heterocycles. The van der Waals surface area contributed by atoms with Crippen LogP contribution in [0.3, 0.4) is 0 Å². The van der Waals surface area contributed by atoms with Gasteiger partial charge in [-0.3, -0.25) is 0 Å². The summed E-state index contributed by atoms with van der Waals surface area (Å²) in [5, 5.41) is 3.27. The summed E-state index contributed by atoms with van der Waals surface area (Å²) in [7, 11) is 0. The number of nitrogens with one attached hydrogen (secondary N) is 1. The normalized spacial score (nSPS) is 10.9. The maximum Gasteiger partial charge on any atom is 0.129 e. The third-order valence-corrected chi connectivity index (χ3v) is 2.90. The lowest BCUT2D eigenvalue weighted by Gasteiger charge is -2.04. The molecular formula is C16H20FNO2. The number of furan rings is 1. The largest absolute Gasteiger partial charge is 0.462 e. The first kappa shape index (κ1) is 14.8. The highest BCUT2D eigenvalue weighted by Crippen LogP contribution is 2.12. The van der Waals surface area contributed by atoms with Gasteiger partial charge in [0.05, 0.1) is 13.2 Å². The molecule has 108 valence electrons. The number of rotatable bonds is 8. The van der Waals surface area contributed by atoms with Gasteiger partial charge in [-0.25, -0.2) is 4.39 Å². The first-order valence-corrected chi connectivity index (χ1v) is 6.89. The van der Waals surface area contributed by atoms with Crippen molar-refractivity contribution in [3.05, 3.63) is 59.3 Å². The molecule has 2 rings (SSSR count). The Labute approximate surface area is 118 Å². The Hall–Kier alpha value is -1.65. The summed E-state index contributed by atoms with van der Waals surface area (Å²) in [5.74, 6) is 1.41. The van der Waals surface area contributed by atoms with Gasteiger partial charge in [-0.05, 0) is 31.2 Å². The van der Waals surface area contributed by atoms with Crippen molar-refractivity contribution < 1.29 is 13.5 Å². The van der Waals surface area contributed by atoms with Crippen molar-refractivity contribution in [2.24, 2.45) is 0 Å². The van der Waals surface area contributed by atoms with Crippen molar-refractivity contribution in [2.45, 2.75) is 33.1 Å². The first-order chi connectivity index (χ1) is 9.79. The zero-order chi connectivity index (χ0) is 14.2. The van der Waals surface area contributed by atoms with E-state index in [0.717, 1.165) is 31.0 Å². The predicted octanol–water partition coefficient (Wildman–Crippen LogP) is 3.64. The molecule has 3 nitrogen and oxygen atoms in total. The Morgan fingerprint density at radius 2 is 1.90 bits per heavy atom. The van der Waals surface area contributed by atoms with E-state index in [1.807, 2.05) is 12.1 Å². The fourth-order valence-electron chi connectivity index (χ4n) is 1.86. The van der Waals surface area contributed by atoms with E-state index in [1.165, 1.54) is 6.07 Å². The summed E-state index contributed by atoms with van der Waals surface area (Å²) in [6.45, 7) is 4.41. The van der Waals surface area contributed by atoms with E-state index in [2.05, 4.69) is 12.2 Å². The minimum atomic E-state index is -0.239. The third kappa shape index (κ3) is 4.47. The summed E-state index contributed by atoms with van der Waals surface area (Å²) >= 11 is 0. The van der Waals surface area contributed by atoms with Gasteiger partial charge in [0.1, 0.15) is 23.9 Å². The van der Waals surface area contributed by atoms with E-state index in [9.17, 15) is 4.39 Å². The van der Waals surface area contributed by atoms with E-state index in [1.54, 1.807) is 18.2 Å². The number of hydrogen-bond donors (Lipinski definition) is 1. The molecule has 0 aliphatic rings. The van der Waals surface area contributed by atoms with Gasteiger partial charge in [0.15, 0.2) is 0 Å². The summed E-state index contributed by atoms with van der Waals surface area (Å²) in [5.41, 5.74) is 0.559. The van der Waals surface area contributed by atoms with Crippen molar-refractivity contribution >= 4 is 0 Å². The second-order valence-corrected chi connectivity index (χ2v) is 4.63. The predicted molar refractivity (Wildman–Crippen MR) is 75.6 cm³/mol. The van der Waals surface area contributed by atoms with E-state index in [0.29, 0.717) is 12.2 Å². The molecule has 0 atom stereocenters. The molecule has 1 aromatic carbocycles. The average Bonchev–Trinajstić information content (AvgIpc) is 2.89. The van der Waals surface area contributed by atoms with Crippen molar-refractivity contribution in [2.75, 3.05) is 6.54 Å². The van der Waals surface area contributed by atoms with E-state index >= 15 is 0 Å². The SMILES string of the molecule is CCCNCc1ccc(COCc2ccccc2F)o1.